The summed E-state index contributed by atoms with van der Waals surface area (Å²) >= 11 is 0. The Morgan fingerprint density at radius 3 is 2.61 bits per heavy atom. The van der Waals surface area contributed by atoms with Gasteiger partial charge in [0.1, 0.15) is 11.4 Å². The number of benzene rings is 2. The number of H-pyrrole nitrogens is 1. The van der Waals surface area contributed by atoms with Crippen molar-refractivity contribution in [1.29, 1.82) is 0 Å². The van der Waals surface area contributed by atoms with E-state index in [2.05, 4.69) is 10.2 Å². The van der Waals surface area contributed by atoms with Gasteiger partial charge in [-0.05, 0) is 62.6 Å². The number of para-hydroxylation sites is 1. The molecule has 7 nitrogen and oxygen atoms in total. The van der Waals surface area contributed by atoms with Crippen LogP contribution in [0.3, 0.4) is 0 Å². The quantitative estimate of drug-likeness (QED) is 0.300. The average Bonchev–Trinajstić information content (AvgIpc) is 3.21. The van der Waals surface area contributed by atoms with Gasteiger partial charge in [-0.15, -0.1) is 0 Å². The molecule has 1 heterocycles. The number of nitrogens with zero attached hydrogens (tertiary/aromatic N) is 3. The Kier molecular flexibility index (Phi) is 7.12. The topological polar surface area (TPSA) is 92.1 Å². The number of nitro benzene ring substituents is 1. The smallest absolute Gasteiger partial charge is 0.285 e. The lowest BCUT2D eigenvalue weighted by Gasteiger charge is -2.17. The van der Waals surface area contributed by atoms with Crippen LogP contribution in [-0.2, 0) is 6.42 Å². The highest BCUT2D eigenvalue weighted by Gasteiger charge is 2.24. The van der Waals surface area contributed by atoms with Crippen molar-refractivity contribution in [3.8, 4) is 11.3 Å². The predicted molar refractivity (Wildman–Crippen MR) is 116 cm³/mol. The standard InChI is InChI=1S/C23H25FN4O3/c1-16-7-6-9-20(22(16)28(30)31)23(29)27(2)14-5-3-4-8-19-15-21(26-25-19)17-10-12-18(24)13-11-17/h6-7,9-13,15H,3-5,8,14H2,1-2H3,(H,25,26). The third-order valence-corrected chi connectivity index (χ3v) is 5.21. The number of aromatic amines is 1. The number of nitrogens with one attached hydrogen (secondary N) is 1. The second kappa shape index (κ2) is 9.97. The van der Waals surface area contributed by atoms with Crippen LogP contribution in [0.25, 0.3) is 11.3 Å². The normalized spacial score (nSPS) is 10.8. The molecule has 0 aliphatic heterocycles. The van der Waals surface area contributed by atoms with Crippen LogP contribution in [0.4, 0.5) is 10.1 Å². The van der Waals surface area contributed by atoms with Crippen molar-refractivity contribution >= 4 is 11.6 Å². The number of halogens is 1. The molecule has 2 aromatic carbocycles. The van der Waals surface area contributed by atoms with Gasteiger partial charge in [-0.2, -0.15) is 5.10 Å². The molecule has 3 rings (SSSR count). The van der Waals surface area contributed by atoms with Crippen LogP contribution < -0.4 is 0 Å². The highest BCUT2D eigenvalue weighted by molar-refractivity contribution is 5.98. The fourth-order valence-electron chi connectivity index (χ4n) is 3.48. The summed E-state index contributed by atoms with van der Waals surface area (Å²) in [4.78, 5) is 25.0. The summed E-state index contributed by atoms with van der Waals surface area (Å²) in [5.74, 6) is -0.618. The number of carbonyl (C=O) groups excluding carboxylic acids is 1. The summed E-state index contributed by atoms with van der Waals surface area (Å²) in [5, 5.41) is 18.6. The number of hydrogen-bond donors (Lipinski definition) is 1. The van der Waals surface area contributed by atoms with E-state index in [1.165, 1.54) is 23.1 Å². The number of carbonyl (C=O) groups is 1. The van der Waals surface area contributed by atoms with Crippen LogP contribution >= 0.6 is 0 Å². The fourth-order valence-corrected chi connectivity index (χ4v) is 3.48. The van der Waals surface area contributed by atoms with Crippen LogP contribution in [0.1, 0.15) is 40.9 Å². The van der Waals surface area contributed by atoms with Crippen molar-refractivity contribution in [3.63, 3.8) is 0 Å². The van der Waals surface area contributed by atoms with Crippen molar-refractivity contribution in [2.24, 2.45) is 0 Å². The molecular weight excluding hydrogens is 399 g/mol. The third kappa shape index (κ3) is 5.53. The largest absolute Gasteiger partial charge is 0.341 e. The Bertz CT molecular complexity index is 1060. The van der Waals surface area contributed by atoms with Gasteiger partial charge in [-0.1, -0.05) is 18.6 Å². The Balaban J connectivity index is 1.46. The summed E-state index contributed by atoms with van der Waals surface area (Å²) in [6, 6.07) is 13.0. The molecule has 0 saturated carbocycles. The predicted octanol–water partition coefficient (Wildman–Crippen LogP) is 4.92. The zero-order valence-corrected chi connectivity index (χ0v) is 17.6. The van der Waals surface area contributed by atoms with E-state index in [1.807, 2.05) is 6.07 Å². The van der Waals surface area contributed by atoms with Crippen LogP contribution in [0.15, 0.2) is 48.5 Å². The van der Waals surface area contributed by atoms with Crippen LogP contribution in [0.2, 0.25) is 0 Å². The van der Waals surface area contributed by atoms with Crippen molar-refractivity contribution in [3.05, 3.63) is 81.3 Å². The first kappa shape index (κ1) is 22.1. The van der Waals surface area contributed by atoms with Gasteiger partial charge in [-0.25, -0.2) is 4.39 Å². The Labute approximate surface area is 180 Å². The molecule has 3 aromatic rings. The molecular formula is C23H25FN4O3. The second-order valence-corrected chi connectivity index (χ2v) is 7.55. The number of aromatic nitrogens is 2. The molecule has 0 saturated heterocycles. The summed E-state index contributed by atoms with van der Waals surface area (Å²) in [5.41, 5.74) is 3.10. The maximum atomic E-state index is 13.0. The van der Waals surface area contributed by atoms with Crippen molar-refractivity contribution in [1.82, 2.24) is 15.1 Å². The first-order valence-corrected chi connectivity index (χ1v) is 10.2. The Morgan fingerprint density at radius 2 is 1.90 bits per heavy atom. The summed E-state index contributed by atoms with van der Waals surface area (Å²) < 4.78 is 13.0. The molecule has 0 atom stereocenters. The number of hydrogen-bond acceptors (Lipinski definition) is 4. The molecule has 1 aromatic heterocycles. The maximum absolute atomic E-state index is 13.0. The number of rotatable bonds is 9. The first-order valence-electron chi connectivity index (χ1n) is 10.2. The van der Waals surface area contributed by atoms with E-state index in [0.717, 1.165) is 42.6 Å². The van der Waals surface area contributed by atoms with Crippen LogP contribution in [0, 0.1) is 22.9 Å². The van der Waals surface area contributed by atoms with E-state index in [1.54, 1.807) is 38.2 Å². The molecule has 8 heteroatoms. The van der Waals surface area contributed by atoms with Crippen molar-refractivity contribution < 1.29 is 14.1 Å². The molecule has 1 N–H and O–H groups in total. The van der Waals surface area contributed by atoms with E-state index in [4.69, 9.17) is 0 Å². The van der Waals surface area contributed by atoms with Gasteiger partial charge in [0.2, 0.25) is 0 Å². The average molecular weight is 424 g/mol. The molecule has 0 fully saturated rings. The zero-order valence-electron chi connectivity index (χ0n) is 17.6. The van der Waals surface area contributed by atoms with Crippen molar-refractivity contribution in [2.45, 2.75) is 32.6 Å². The van der Waals surface area contributed by atoms with Crippen LogP contribution in [0.5, 0.6) is 0 Å². The molecule has 31 heavy (non-hydrogen) atoms. The second-order valence-electron chi connectivity index (χ2n) is 7.55. The highest BCUT2D eigenvalue weighted by atomic mass is 19.1. The van der Waals surface area contributed by atoms with Gasteiger partial charge >= 0.3 is 0 Å². The molecule has 0 radical (unpaired) electrons. The monoisotopic (exact) mass is 424 g/mol. The lowest BCUT2D eigenvalue weighted by Crippen LogP contribution is -2.28. The summed E-state index contributed by atoms with van der Waals surface area (Å²) in [6.07, 6.45) is 3.42. The number of amides is 1. The Morgan fingerprint density at radius 1 is 1.16 bits per heavy atom. The minimum absolute atomic E-state index is 0.123. The highest BCUT2D eigenvalue weighted by Crippen LogP contribution is 2.24. The lowest BCUT2D eigenvalue weighted by molar-refractivity contribution is -0.385. The summed E-state index contributed by atoms with van der Waals surface area (Å²) in [7, 11) is 1.66. The molecule has 0 spiro atoms. The van der Waals surface area contributed by atoms with E-state index in [9.17, 15) is 19.3 Å². The molecule has 1 amide bonds. The van der Waals surface area contributed by atoms with Gasteiger partial charge in [0.15, 0.2) is 0 Å². The third-order valence-electron chi connectivity index (χ3n) is 5.21. The molecule has 0 bridgehead atoms. The van der Waals surface area contributed by atoms with Gasteiger partial charge in [-0.3, -0.25) is 20.0 Å². The number of unbranched alkanes of at least 4 members (excludes halogenated alkanes) is 2. The minimum Gasteiger partial charge on any atom is -0.341 e. The minimum atomic E-state index is -0.499. The van der Waals surface area contributed by atoms with E-state index >= 15 is 0 Å². The Hall–Kier alpha value is -3.55. The lowest BCUT2D eigenvalue weighted by atomic mass is 10.1. The maximum Gasteiger partial charge on any atom is 0.285 e. The van der Waals surface area contributed by atoms with Crippen LogP contribution in [-0.4, -0.2) is 39.5 Å². The molecule has 0 aliphatic carbocycles. The fraction of sp³-hybridized carbons (Fsp3) is 0.304. The van der Waals surface area contributed by atoms with Crippen molar-refractivity contribution in [2.75, 3.05) is 13.6 Å². The van der Waals surface area contributed by atoms with Gasteiger partial charge in [0, 0.05) is 30.4 Å². The van der Waals surface area contributed by atoms with E-state index < -0.39 is 4.92 Å². The van der Waals surface area contributed by atoms with Gasteiger partial charge < -0.3 is 4.90 Å². The summed E-state index contributed by atoms with van der Waals surface area (Å²) in [6.45, 7) is 2.15. The molecule has 0 unspecified atom stereocenters. The first-order chi connectivity index (χ1) is 14.9. The van der Waals surface area contributed by atoms with E-state index in [-0.39, 0.29) is 23.0 Å². The zero-order chi connectivity index (χ0) is 22.4. The van der Waals surface area contributed by atoms with E-state index in [0.29, 0.717) is 12.1 Å². The SMILES string of the molecule is Cc1cccc(C(=O)N(C)CCCCCc2cc(-c3ccc(F)cc3)n[nH]2)c1[N+](=O)[O-]. The molecule has 162 valence electrons. The number of aryl methyl sites for hydroxylation is 2. The molecule has 0 aliphatic rings. The van der Waals surface area contributed by atoms with Gasteiger partial charge in [0.25, 0.3) is 11.6 Å². The number of nitro groups is 1. The van der Waals surface area contributed by atoms with Gasteiger partial charge in [0.05, 0.1) is 10.6 Å².